The number of ether oxygens (including phenoxy) is 1. The number of nitrogens with zero attached hydrogens (tertiary/aromatic N) is 1. The van der Waals surface area contributed by atoms with Gasteiger partial charge in [-0.15, -0.1) is 0 Å². The number of morpholine rings is 1. The van der Waals surface area contributed by atoms with Gasteiger partial charge in [0.25, 0.3) is 0 Å². The van der Waals surface area contributed by atoms with Crippen molar-refractivity contribution in [3.63, 3.8) is 0 Å². The average molecular weight is 239 g/mol. The summed E-state index contributed by atoms with van der Waals surface area (Å²) in [6.45, 7) is 4.05. The van der Waals surface area contributed by atoms with Gasteiger partial charge >= 0.3 is 0 Å². The second kappa shape index (κ2) is 5.83. The lowest BCUT2D eigenvalue weighted by Gasteiger charge is -2.47. The first kappa shape index (κ1) is 12.8. The summed E-state index contributed by atoms with van der Waals surface area (Å²) in [5.74, 6) is 0.315. The van der Waals surface area contributed by atoms with E-state index < -0.39 is 0 Å². The van der Waals surface area contributed by atoms with E-state index in [0.29, 0.717) is 30.4 Å². The Kier molecular flexibility index (Phi) is 4.40. The number of rotatable bonds is 4. The summed E-state index contributed by atoms with van der Waals surface area (Å²) in [6, 6.07) is 1.00. The fourth-order valence-corrected chi connectivity index (χ4v) is 3.33. The molecule has 0 aromatic heterocycles. The zero-order chi connectivity index (χ0) is 12.3. The topological polar surface area (TPSA) is 62.3 Å². The predicted molar refractivity (Wildman–Crippen MR) is 69.3 cm³/mol. The number of nitrogens with one attached hydrogen (secondary N) is 1. The van der Waals surface area contributed by atoms with Crippen LogP contribution in [0.2, 0.25) is 0 Å². The summed E-state index contributed by atoms with van der Waals surface area (Å²) in [5.41, 5.74) is 5.57. The third-order valence-corrected chi connectivity index (χ3v) is 4.17. The van der Waals surface area contributed by atoms with Crippen molar-refractivity contribution < 1.29 is 4.74 Å². The summed E-state index contributed by atoms with van der Waals surface area (Å²) in [4.78, 5) is 2.56. The van der Waals surface area contributed by atoms with Gasteiger partial charge in [-0.1, -0.05) is 19.8 Å². The third-order valence-electron chi connectivity index (χ3n) is 4.17. The lowest BCUT2D eigenvalue weighted by atomic mass is 9.88. The molecule has 0 spiro atoms. The molecule has 98 valence electrons. The zero-order valence-electron chi connectivity index (χ0n) is 10.8. The zero-order valence-corrected chi connectivity index (χ0v) is 10.8. The maximum absolute atomic E-state index is 7.50. The molecule has 4 heteroatoms. The van der Waals surface area contributed by atoms with E-state index in [2.05, 4.69) is 11.8 Å². The van der Waals surface area contributed by atoms with Gasteiger partial charge in [-0.2, -0.15) is 0 Å². The maximum Gasteiger partial charge on any atom is 0.0921 e. The van der Waals surface area contributed by atoms with Crippen LogP contribution in [0.1, 0.15) is 45.4 Å². The highest BCUT2D eigenvalue weighted by atomic mass is 16.5. The summed E-state index contributed by atoms with van der Waals surface area (Å²) in [5, 5.41) is 7.50. The van der Waals surface area contributed by atoms with E-state index in [1.807, 2.05) is 0 Å². The quantitative estimate of drug-likeness (QED) is 0.580. The van der Waals surface area contributed by atoms with E-state index in [4.69, 9.17) is 15.9 Å². The first-order valence-corrected chi connectivity index (χ1v) is 6.92. The third kappa shape index (κ3) is 2.99. The summed E-state index contributed by atoms with van der Waals surface area (Å²) in [7, 11) is 0. The molecule has 3 unspecified atom stereocenters. The lowest BCUT2D eigenvalue weighted by molar-refractivity contribution is -0.102. The molecule has 0 amide bonds. The second-order valence-electron chi connectivity index (χ2n) is 5.29. The molecule has 1 heterocycles. The molecule has 2 aliphatic rings. The first-order chi connectivity index (χ1) is 8.22. The average Bonchev–Trinajstić information content (AvgIpc) is 2.35. The smallest absolute Gasteiger partial charge is 0.0921 e. The van der Waals surface area contributed by atoms with Crippen molar-refractivity contribution >= 4 is 5.84 Å². The Labute approximate surface area is 104 Å². The SMILES string of the molecule is CCC(CC(=N)N)N1CCOC2CCCCC21. The summed E-state index contributed by atoms with van der Waals surface area (Å²) >= 11 is 0. The molecule has 0 aromatic carbocycles. The summed E-state index contributed by atoms with van der Waals surface area (Å²) in [6.07, 6.45) is 7.29. The second-order valence-corrected chi connectivity index (χ2v) is 5.29. The Morgan fingerprint density at radius 2 is 2.24 bits per heavy atom. The van der Waals surface area contributed by atoms with Crippen LogP contribution in [-0.2, 0) is 4.74 Å². The molecule has 2 fully saturated rings. The molecule has 2 rings (SSSR count). The molecule has 1 aliphatic carbocycles. The standard InChI is InChI=1S/C13H25N3O/c1-2-10(9-13(14)15)16-7-8-17-12-6-4-3-5-11(12)16/h10-12H,2-9H2,1H3,(H3,14,15). The molecule has 3 atom stereocenters. The molecule has 4 nitrogen and oxygen atoms in total. The number of nitrogens with two attached hydrogens (primary N) is 1. The Bertz CT molecular complexity index is 267. The van der Waals surface area contributed by atoms with Crippen LogP contribution in [0.4, 0.5) is 0 Å². The molecule has 1 saturated heterocycles. The molecule has 3 N–H and O–H groups in total. The molecular weight excluding hydrogens is 214 g/mol. The van der Waals surface area contributed by atoms with Crippen LogP contribution >= 0.6 is 0 Å². The fraction of sp³-hybridized carbons (Fsp3) is 0.923. The fourth-order valence-electron chi connectivity index (χ4n) is 3.33. The minimum absolute atomic E-state index is 0.315. The minimum Gasteiger partial charge on any atom is -0.388 e. The molecular formula is C13H25N3O. The van der Waals surface area contributed by atoms with Gasteiger partial charge in [0, 0.05) is 25.0 Å². The van der Waals surface area contributed by atoms with Crippen molar-refractivity contribution in [2.45, 2.75) is 63.6 Å². The largest absolute Gasteiger partial charge is 0.388 e. The van der Waals surface area contributed by atoms with Gasteiger partial charge in [-0.3, -0.25) is 10.3 Å². The van der Waals surface area contributed by atoms with E-state index in [9.17, 15) is 0 Å². The van der Waals surface area contributed by atoms with E-state index >= 15 is 0 Å². The molecule has 1 saturated carbocycles. The Morgan fingerprint density at radius 3 is 2.94 bits per heavy atom. The molecule has 0 radical (unpaired) electrons. The van der Waals surface area contributed by atoms with E-state index in [-0.39, 0.29) is 0 Å². The Morgan fingerprint density at radius 1 is 1.47 bits per heavy atom. The Hall–Kier alpha value is -0.610. The van der Waals surface area contributed by atoms with Gasteiger partial charge in [-0.25, -0.2) is 0 Å². The van der Waals surface area contributed by atoms with Crippen LogP contribution in [0.5, 0.6) is 0 Å². The first-order valence-electron chi connectivity index (χ1n) is 6.92. The van der Waals surface area contributed by atoms with Gasteiger partial charge in [0.05, 0.1) is 18.5 Å². The monoisotopic (exact) mass is 239 g/mol. The van der Waals surface area contributed by atoms with Gasteiger partial charge in [0.1, 0.15) is 0 Å². The normalized spacial score (nSPS) is 31.8. The van der Waals surface area contributed by atoms with E-state index in [1.54, 1.807) is 0 Å². The number of hydrogen-bond acceptors (Lipinski definition) is 3. The van der Waals surface area contributed by atoms with Crippen molar-refractivity contribution in [1.29, 1.82) is 5.41 Å². The molecule has 0 bridgehead atoms. The van der Waals surface area contributed by atoms with Crippen molar-refractivity contribution in [2.24, 2.45) is 5.73 Å². The van der Waals surface area contributed by atoms with Crippen molar-refractivity contribution in [3.8, 4) is 0 Å². The van der Waals surface area contributed by atoms with Gasteiger partial charge in [0.2, 0.25) is 0 Å². The van der Waals surface area contributed by atoms with Crippen LogP contribution < -0.4 is 5.73 Å². The molecule has 1 aliphatic heterocycles. The van der Waals surface area contributed by atoms with Crippen LogP contribution in [0.3, 0.4) is 0 Å². The van der Waals surface area contributed by atoms with E-state index in [0.717, 1.165) is 19.6 Å². The van der Waals surface area contributed by atoms with Gasteiger partial charge < -0.3 is 10.5 Å². The van der Waals surface area contributed by atoms with Crippen LogP contribution in [-0.4, -0.2) is 42.1 Å². The highest BCUT2D eigenvalue weighted by Crippen LogP contribution is 2.30. The van der Waals surface area contributed by atoms with Crippen LogP contribution in [0.25, 0.3) is 0 Å². The number of fused-ring (bicyclic) bond motifs is 1. The Balaban J connectivity index is 2.03. The lowest BCUT2D eigenvalue weighted by Crippen LogP contribution is -2.56. The number of amidine groups is 1. The van der Waals surface area contributed by atoms with Crippen molar-refractivity contribution in [3.05, 3.63) is 0 Å². The highest BCUT2D eigenvalue weighted by molar-refractivity contribution is 5.77. The van der Waals surface area contributed by atoms with Gasteiger partial charge in [-0.05, 0) is 19.3 Å². The van der Waals surface area contributed by atoms with Crippen molar-refractivity contribution in [2.75, 3.05) is 13.2 Å². The van der Waals surface area contributed by atoms with Gasteiger partial charge in [0.15, 0.2) is 0 Å². The minimum atomic E-state index is 0.315. The van der Waals surface area contributed by atoms with Crippen LogP contribution in [0.15, 0.2) is 0 Å². The van der Waals surface area contributed by atoms with Crippen LogP contribution in [0, 0.1) is 5.41 Å². The number of hydrogen-bond donors (Lipinski definition) is 2. The summed E-state index contributed by atoms with van der Waals surface area (Å²) < 4.78 is 5.89. The van der Waals surface area contributed by atoms with Crippen molar-refractivity contribution in [1.82, 2.24) is 4.90 Å². The maximum atomic E-state index is 7.50. The predicted octanol–water partition coefficient (Wildman–Crippen LogP) is 1.73. The highest BCUT2D eigenvalue weighted by Gasteiger charge is 2.36. The molecule has 0 aromatic rings. The molecule has 17 heavy (non-hydrogen) atoms. The van der Waals surface area contributed by atoms with E-state index in [1.165, 1.54) is 25.7 Å².